The van der Waals surface area contributed by atoms with E-state index in [0.29, 0.717) is 5.02 Å². The lowest BCUT2D eigenvalue weighted by atomic mass is 9.97. The highest BCUT2D eigenvalue weighted by atomic mass is 79.9. The van der Waals surface area contributed by atoms with Gasteiger partial charge in [0.15, 0.2) is 0 Å². The van der Waals surface area contributed by atoms with Gasteiger partial charge in [0.25, 0.3) is 0 Å². The van der Waals surface area contributed by atoms with Crippen molar-refractivity contribution in [3.05, 3.63) is 62.6 Å². The third kappa shape index (κ3) is 3.98. The van der Waals surface area contributed by atoms with E-state index in [2.05, 4.69) is 34.3 Å². The third-order valence-corrected chi connectivity index (χ3v) is 4.62. The number of benzene rings is 2. The third-order valence-electron chi connectivity index (χ3n) is 3.41. The molecule has 0 fully saturated rings. The van der Waals surface area contributed by atoms with Gasteiger partial charge in [0, 0.05) is 4.47 Å². The van der Waals surface area contributed by atoms with Crippen LogP contribution in [-0.2, 0) is 6.42 Å². The minimum Gasteiger partial charge on any atom is -0.496 e. The minimum absolute atomic E-state index is 0.0192. The smallest absolute Gasteiger partial charge is 0.122 e. The maximum absolute atomic E-state index is 6.04. The van der Waals surface area contributed by atoms with Crippen LogP contribution in [0.3, 0.4) is 0 Å². The molecule has 2 aromatic rings. The van der Waals surface area contributed by atoms with Crippen LogP contribution in [0.25, 0.3) is 0 Å². The molecule has 0 saturated carbocycles. The number of halogens is 2. The van der Waals surface area contributed by atoms with Gasteiger partial charge in [-0.2, -0.15) is 0 Å². The van der Waals surface area contributed by atoms with Gasteiger partial charge in [-0.25, -0.2) is 0 Å². The Morgan fingerprint density at radius 3 is 2.67 bits per heavy atom. The molecule has 112 valence electrons. The SMILES string of the molecule is COc1ccc(C)cc1CC(NN)c1ccc(Cl)c(Br)c1. The molecule has 1 unspecified atom stereocenters. The summed E-state index contributed by atoms with van der Waals surface area (Å²) in [6, 6.07) is 11.9. The first kappa shape index (κ1) is 16.3. The lowest BCUT2D eigenvalue weighted by Gasteiger charge is -2.19. The average Bonchev–Trinajstić information content (AvgIpc) is 2.48. The van der Waals surface area contributed by atoms with Crippen molar-refractivity contribution in [3.8, 4) is 5.75 Å². The maximum atomic E-state index is 6.04. The summed E-state index contributed by atoms with van der Waals surface area (Å²) in [4.78, 5) is 0. The molecule has 0 aliphatic carbocycles. The average molecular weight is 370 g/mol. The first-order valence-electron chi connectivity index (χ1n) is 6.59. The second-order valence-corrected chi connectivity index (χ2v) is 6.17. The Morgan fingerprint density at radius 1 is 1.29 bits per heavy atom. The quantitative estimate of drug-likeness (QED) is 0.614. The van der Waals surface area contributed by atoms with E-state index in [4.69, 9.17) is 22.2 Å². The molecule has 0 heterocycles. The number of ether oxygens (including phenoxy) is 1. The summed E-state index contributed by atoms with van der Waals surface area (Å²) in [6.45, 7) is 2.06. The van der Waals surface area contributed by atoms with E-state index in [9.17, 15) is 0 Å². The van der Waals surface area contributed by atoms with Crippen LogP contribution in [0.1, 0.15) is 22.7 Å². The summed E-state index contributed by atoms with van der Waals surface area (Å²) < 4.78 is 6.28. The van der Waals surface area contributed by atoms with Gasteiger partial charge in [0.2, 0.25) is 0 Å². The van der Waals surface area contributed by atoms with Gasteiger partial charge in [0.1, 0.15) is 5.75 Å². The zero-order valence-corrected chi connectivity index (χ0v) is 14.3. The van der Waals surface area contributed by atoms with Crippen molar-refractivity contribution < 1.29 is 4.74 Å². The van der Waals surface area contributed by atoms with Crippen molar-refractivity contribution in [2.24, 2.45) is 5.84 Å². The Bertz CT molecular complexity index is 634. The maximum Gasteiger partial charge on any atom is 0.122 e. The molecule has 0 aliphatic heterocycles. The fraction of sp³-hybridized carbons (Fsp3) is 0.250. The molecule has 1 atom stereocenters. The molecular weight excluding hydrogens is 352 g/mol. The summed E-state index contributed by atoms with van der Waals surface area (Å²) in [5, 5.41) is 0.683. The zero-order chi connectivity index (χ0) is 15.4. The molecule has 0 aromatic heterocycles. The molecule has 2 rings (SSSR count). The van der Waals surface area contributed by atoms with E-state index in [1.54, 1.807) is 7.11 Å². The molecular formula is C16H18BrClN2O. The van der Waals surface area contributed by atoms with Crippen molar-refractivity contribution in [1.82, 2.24) is 5.43 Å². The molecule has 3 nitrogen and oxygen atoms in total. The van der Waals surface area contributed by atoms with Gasteiger partial charge in [-0.3, -0.25) is 11.3 Å². The summed E-state index contributed by atoms with van der Waals surface area (Å²) in [7, 11) is 1.68. The van der Waals surface area contributed by atoms with Crippen molar-refractivity contribution in [1.29, 1.82) is 0 Å². The molecule has 0 radical (unpaired) electrons. The van der Waals surface area contributed by atoms with Crippen LogP contribution in [0.2, 0.25) is 5.02 Å². The van der Waals surface area contributed by atoms with E-state index in [-0.39, 0.29) is 6.04 Å². The number of nitrogens with two attached hydrogens (primary N) is 1. The topological polar surface area (TPSA) is 47.3 Å². The minimum atomic E-state index is -0.0192. The highest BCUT2D eigenvalue weighted by molar-refractivity contribution is 9.10. The highest BCUT2D eigenvalue weighted by Crippen LogP contribution is 2.29. The summed E-state index contributed by atoms with van der Waals surface area (Å²) >= 11 is 9.48. The Kier molecular flexibility index (Phi) is 5.65. The first-order chi connectivity index (χ1) is 10.0. The van der Waals surface area contributed by atoms with Gasteiger partial charge in [0.05, 0.1) is 18.2 Å². The molecule has 0 aliphatic rings. The fourth-order valence-corrected chi connectivity index (χ4v) is 2.80. The molecule has 2 aromatic carbocycles. The van der Waals surface area contributed by atoms with E-state index < -0.39 is 0 Å². The molecule has 5 heteroatoms. The Balaban J connectivity index is 2.30. The molecule has 0 bridgehead atoms. The van der Waals surface area contributed by atoms with E-state index in [0.717, 1.165) is 27.8 Å². The largest absolute Gasteiger partial charge is 0.496 e. The summed E-state index contributed by atoms with van der Waals surface area (Å²) in [5.41, 5.74) is 6.24. The van der Waals surface area contributed by atoms with E-state index >= 15 is 0 Å². The predicted molar refractivity (Wildman–Crippen MR) is 90.7 cm³/mol. The molecule has 3 N–H and O–H groups in total. The molecule has 0 spiro atoms. The number of rotatable bonds is 5. The van der Waals surface area contributed by atoms with Crippen LogP contribution < -0.4 is 16.0 Å². The number of hydrogen-bond donors (Lipinski definition) is 2. The van der Waals surface area contributed by atoms with Gasteiger partial charge >= 0.3 is 0 Å². The second-order valence-electron chi connectivity index (χ2n) is 4.91. The normalized spacial score (nSPS) is 12.2. The monoisotopic (exact) mass is 368 g/mol. The lowest BCUT2D eigenvalue weighted by molar-refractivity contribution is 0.405. The lowest BCUT2D eigenvalue weighted by Crippen LogP contribution is -2.29. The fourth-order valence-electron chi connectivity index (χ4n) is 2.29. The van der Waals surface area contributed by atoms with Crippen LogP contribution in [0.15, 0.2) is 40.9 Å². The van der Waals surface area contributed by atoms with Gasteiger partial charge < -0.3 is 4.74 Å². The molecule has 0 amide bonds. The van der Waals surface area contributed by atoms with E-state index in [1.165, 1.54) is 5.56 Å². The Hall–Kier alpha value is -1.07. The number of methoxy groups -OCH3 is 1. The van der Waals surface area contributed by atoms with Gasteiger partial charge in [-0.1, -0.05) is 35.4 Å². The highest BCUT2D eigenvalue weighted by Gasteiger charge is 2.15. The Labute approximate surface area is 138 Å². The second kappa shape index (κ2) is 7.27. The van der Waals surface area contributed by atoms with Crippen LogP contribution in [-0.4, -0.2) is 7.11 Å². The van der Waals surface area contributed by atoms with Crippen LogP contribution in [0.5, 0.6) is 5.75 Å². The zero-order valence-electron chi connectivity index (χ0n) is 12.0. The summed E-state index contributed by atoms with van der Waals surface area (Å²) in [5.74, 6) is 6.60. The number of nitrogens with one attached hydrogen (secondary N) is 1. The number of hydrazine groups is 1. The number of aryl methyl sites for hydroxylation is 1. The predicted octanol–water partition coefficient (Wildman–Crippen LogP) is 4.17. The van der Waals surface area contributed by atoms with Crippen molar-refractivity contribution in [3.63, 3.8) is 0 Å². The van der Waals surface area contributed by atoms with E-state index in [1.807, 2.05) is 30.3 Å². The van der Waals surface area contributed by atoms with Crippen LogP contribution >= 0.6 is 27.5 Å². The van der Waals surface area contributed by atoms with Gasteiger partial charge in [-0.15, -0.1) is 0 Å². The molecule has 21 heavy (non-hydrogen) atoms. The first-order valence-corrected chi connectivity index (χ1v) is 7.77. The Morgan fingerprint density at radius 2 is 2.05 bits per heavy atom. The van der Waals surface area contributed by atoms with Gasteiger partial charge in [-0.05, 0) is 58.6 Å². The van der Waals surface area contributed by atoms with Crippen molar-refractivity contribution >= 4 is 27.5 Å². The standard InChI is InChI=1S/C16H18BrClN2O/c1-10-3-6-16(21-2)12(7-10)9-15(20-19)11-4-5-14(18)13(17)8-11/h3-8,15,20H,9,19H2,1-2H3. The van der Waals surface area contributed by atoms with Crippen LogP contribution in [0.4, 0.5) is 0 Å². The van der Waals surface area contributed by atoms with Crippen molar-refractivity contribution in [2.45, 2.75) is 19.4 Å². The summed E-state index contributed by atoms with van der Waals surface area (Å²) in [6.07, 6.45) is 0.732. The van der Waals surface area contributed by atoms with Crippen LogP contribution in [0, 0.1) is 6.92 Å². The molecule has 0 saturated heterocycles. The number of hydrogen-bond acceptors (Lipinski definition) is 3. The van der Waals surface area contributed by atoms with Crippen molar-refractivity contribution in [2.75, 3.05) is 7.11 Å².